The van der Waals surface area contributed by atoms with Gasteiger partial charge in [0.1, 0.15) is 17.5 Å². The van der Waals surface area contributed by atoms with Crippen LogP contribution in [0.2, 0.25) is 0 Å². The number of anilines is 1. The van der Waals surface area contributed by atoms with Crippen LogP contribution in [0.15, 0.2) is 48.8 Å². The highest BCUT2D eigenvalue weighted by atomic mass is 32.2. The fourth-order valence-electron chi connectivity index (χ4n) is 3.30. The minimum atomic E-state index is -3.47. The van der Waals surface area contributed by atoms with E-state index in [1.54, 1.807) is 10.9 Å². The number of hydrogen-bond donors (Lipinski definition) is 0. The van der Waals surface area contributed by atoms with Gasteiger partial charge in [-0.2, -0.15) is 9.40 Å². The summed E-state index contributed by atoms with van der Waals surface area (Å²) in [5.41, 5.74) is 0.573. The topological polar surface area (TPSA) is 84.2 Å². The summed E-state index contributed by atoms with van der Waals surface area (Å²) in [4.78, 5) is 11.0. The molecule has 0 spiro atoms. The van der Waals surface area contributed by atoms with Gasteiger partial charge in [-0.3, -0.25) is 0 Å². The molecule has 2 aromatic heterocycles. The van der Waals surface area contributed by atoms with Crippen LogP contribution in [-0.2, 0) is 15.8 Å². The van der Waals surface area contributed by atoms with Crippen molar-refractivity contribution in [2.45, 2.75) is 12.7 Å². The lowest BCUT2D eigenvalue weighted by Crippen LogP contribution is -2.49. The standard InChI is InChI=1S/C19H21FN6O2S/c1-15-22-18(13-19(23-15)26-8-2-7-21-26)24-9-11-25(12-10-24)29(27,28)14-16-3-5-17(20)6-4-16/h2-8,13H,9-12,14H2,1H3. The molecule has 152 valence electrons. The first-order valence-electron chi connectivity index (χ1n) is 9.24. The Bertz CT molecular complexity index is 1080. The minimum Gasteiger partial charge on any atom is -0.354 e. The monoisotopic (exact) mass is 416 g/mol. The smallest absolute Gasteiger partial charge is 0.218 e. The molecular weight excluding hydrogens is 395 g/mol. The lowest BCUT2D eigenvalue weighted by atomic mass is 10.2. The van der Waals surface area contributed by atoms with Crippen LogP contribution in [-0.4, -0.2) is 58.7 Å². The first-order chi connectivity index (χ1) is 13.9. The highest BCUT2D eigenvalue weighted by molar-refractivity contribution is 7.88. The Morgan fingerprint density at radius 3 is 2.38 bits per heavy atom. The number of rotatable bonds is 5. The Hall–Kier alpha value is -2.85. The van der Waals surface area contributed by atoms with Crippen molar-refractivity contribution in [3.8, 4) is 5.82 Å². The minimum absolute atomic E-state index is 0.136. The molecule has 1 aromatic carbocycles. The highest BCUT2D eigenvalue weighted by Gasteiger charge is 2.28. The van der Waals surface area contributed by atoms with E-state index in [1.165, 1.54) is 28.6 Å². The van der Waals surface area contributed by atoms with Crippen molar-refractivity contribution in [1.29, 1.82) is 0 Å². The Morgan fingerprint density at radius 1 is 1.03 bits per heavy atom. The first kappa shape index (κ1) is 19.5. The van der Waals surface area contributed by atoms with Gasteiger partial charge < -0.3 is 4.90 Å². The maximum absolute atomic E-state index is 13.0. The van der Waals surface area contributed by atoms with Crippen LogP contribution in [0.5, 0.6) is 0 Å². The summed E-state index contributed by atoms with van der Waals surface area (Å²) >= 11 is 0. The van der Waals surface area contributed by atoms with Crippen molar-refractivity contribution in [3.05, 3.63) is 66.0 Å². The van der Waals surface area contributed by atoms with Crippen LogP contribution in [0.1, 0.15) is 11.4 Å². The Labute approximate surface area is 168 Å². The van der Waals surface area contributed by atoms with Gasteiger partial charge in [0.2, 0.25) is 10.0 Å². The van der Waals surface area contributed by atoms with Crippen molar-refractivity contribution >= 4 is 15.8 Å². The number of sulfonamides is 1. The summed E-state index contributed by atoms with van der Waals surface area (Å²) in [6.45, 7) is 3.60. The lowest BCUT2D eigenvalue weighted by Gasteiger charge is -2.34. The van der Waals surface area contributed by atoms with Crippen LogP contribution in [0.4, 0.5) is 10.2 Å². The van der Waals surface area contributed by atoms with E-state index in [-0.39, 0.29) is 11.6 Å². The molecule has 1 aliphatic rings. The molecule has 0 aliphatic carbocycles. The van der Waals surface area contributed by atoms with Gasteiger partial charge in [-0.25, -0.2) is 27.5 Å². The number of aryl methyl sites for hydroxylation is 1. The van der Waals surface area contributed by atoms with E-state index in [2.05, 4.69) is 15.1 Å². The molecule has 3 heterocycles. The van der Waals surface area contributed by atoms with Crippen LogP contribution in [0.3, 0.4) is 0 Å². The van der Waals surface area contributed by atoms with Crippen LogP contribution >= 0.6 is 0 Å². The van der Waals surface area contributed by atoms with E-state index in [1.807, 2.05) is 30.2 Å². The second-order valence-corrected chi connectivity index (χ2v) is 8.82. The van der Waals surface area contributed by atoms with Gasteiger partial charge in [-0.05, 0) is 30.7 Å². The number of aromatic nitrogens is 4. The second kappa shape index (κ2) is 7.88. The summed E-state index contributed by atoms with van der Waals surface area (Å²) < 4.78 is 41.6. The van der Waals surface area contributed by atoms with Gasteiger partial charge >= 0.3 is 0 Å². The molecule has 29 heavy (non-hydrogen) atoms. The maximum atomic E-state index is 13.0. The normalized spacial score (nSPS) is 15.6. The molecule has 0 unspecified atom stereocenters. The molecule has 3 aromatic rings. The van der Waals surface area contributed by atoms with Gasteiger partial charge in [0.15, 0.2) is 5.82 Å². The second-order valence-electron chi connectivity index (χ2n) is 6.85. The van der Waals surface area contributed by atoms with Gasteiger partial charge in [0.25, 0.3) is 0 Å². The Morgan fingerprint density at radius 2 is 1.72 bits per heavy atom. The third kappa shape index (κ3) is 4.43. The van der Waals surface area contributed by atoms with E-state index < -0.39 is 10.0 Å². The van der Waals surface area contributed by atoms with Gasteiger partial charge in [0.05, 0.1) is 5.75 Å². The molecule has 0 radical (unpaired) electrons. The molecule has 8 nitrogen and oxygen atoms in total. The zero-order valence-corrected chi connectivity index (χ0v) is 16.8. The molecule has 0 bridgehead atoms. The first-order valence-corrected chi connectivity index (χ1v) is 10.8. The summed E-state index contributed by atoms with van der Waals surface area (Å²) in [5, 5.41) is 4.20. The average Bonchev–Trinajstić information content (AvgIpc) is 3.24. The fraction of sp³-hybridized carbons (Fsp3) is 0.316. The molecular formula is C19H21FN6O2S. The van der Waals surface area contributed by atoms with Crippen molar-refractivity contribution in [3.63, 3.8) is 0 Å². The number of piperazine rings is 1. The molecule has 1 saturated heterocycles. The predicted molar refractivity (Wildman–Crippen MR) is 107 cm³/mol. The van der Waals surface area contributed by atoms with Crippen LogP contribution in [0.25, 0.3) is 5.82 Å². The van der Waals surface area contributed by atoms with Crippen LogP contribution < -0.4 is 4.90 Å². The zero-order valence-electron chi connectivity index (χ0n) is 15.9. The average molecular weight is 416 g/mol. The molecule has 0 N–H and O–H groups in total. The Balaban J connectivity index is 1.45. The molecule has 0 amide bonds. The van der Waals surface area contributed by atoms with Gasteiger partial charge in [-0.15, -0.1) is 0 Å². The third-order valence-electron chi connectivity index (χ3n) is 4.77. The lowest BCUT2D eigenvalue weighted by molar-refractivity contribution is 0.383. The van der Waals surface area contributed by atoms with E-state index in [0.29, 0.717) is 43.4 Å². The maximum Gasteiger partial charge on any atom is 0.218 e. The molecule has 1 aliphatic heterocycles. The molecule has 0 atom stereocenters. The van der Waals surface area contributed by atoms with Crippen molar-refractivity contribution in [1.82, 2.24) is 24.1 Å². The summed E-state index contributed by atoms with van der Waals surface area (Å²) in [6, 6.07) is 9.23. The quantitative estimate of drug-likeness (QED) is 0.630. The van der Waals surface area contributed by atoms with Crippen molar-refractivity contribution in [2.75, 3.05) is 31.1 Å². The van der Waals surface area contributed by atoms with Gasteiger partial charge in [-0.1, -0.05) is 12.1 Å². The molecule has 4 rings (SSSR count). The van der Waals surface area contributed by atoms with E-state index in [0.717, 1.165) is 5.82 Å². The summed E-state index contributed by atoms with van der Waals surface area (Å²) in [6.07, 6.45) is 3.49. The fourth-order valence-corrected chi connectivity index (χ4v) is 4.81. The zero-order chi connectivity index (χ0) is 20.4. The largest absolute Gasteiger partial charge is 0.354 e. The van der Waals surface area contributed by atoms with E-state index >= 15 is 0 Å². The number of halogens is 1. The number of nitrogens with zero attached hydrogens (tertiary/aromatic N) is 6. The highest BCUT2D eigenvalue weighted by Crippen LogP contribution is 2.20. The van der Waals surface area contributed by atoms with Crippen molar-refractivity contribution in [2.24, 2.45) is 0 Å². The Kier molecular flexibility index (Phi) is 5.29. The summed E-state index contributed by atoms with van der Waals surface area (Å²) in [7, 11) is -3.47. The van der Waals surface area contributed by atoms with Crippen molar-refractivity contribution < 1.29 is 12.8 Å². The number of benzene rings is 1. The van der Waals surface area contributed by atoms with E-state index in [4.69, 9.17) is 0 Å². The molecule has 0 saturated carbocycles. The summed E-state index contributed by atoms with van der Waals surface area (Å²) in [5.74, 6) is 1.53. The van der Waals surface area contributed by atoms with Gasteiger partial charge in [0, 0.05) is 44.6 Å². The number of hydrogen-bond acceptors (Lipinski definition) is 6. The third-order valence-corrected chi connectivity index (χ3v) is 6.62. The van der Waals surface area contributed by atoms with Crippen LogP contribution in [0, 0.1) is 12.7 Å². The SMILES string of the molecule is Cc1nc(N2CCN(S(=O)(=O)Cc3ccc(F)cc3)CC2)cc(-n2cccn2)n1. The molecule has 10 heteroatoms. The van der Waals surface area contributed by atoms with E-state index in [9.17, 15) is 12.8 Å². The predicted octanol–water partition coefficient (Wildman–Crippen LogP) is 1.76. The molecule has 1 fully saturated rings.